The molecule has 0 spiro atoms. The Hall–Kier alpha value is 0.730. The van der Waals surface area contributed by atoms with Crippen LogP contribution in [0.1, 0.15) is 26.7 Å². The van der Waals surface area contributed by atoms with E-state index in [0.29, 0.717) is 10.7 Å². The topological polar surface area (TPSA) is 0 Å². The van der Waals surface area contributed by atoms with Crippen LogP contribution < -0.4 is 0 Å². The quantitative estimate of drug-likeness (QED) is 0.491. The van der Waals surface area contributed by atoms with Crippen molar-refractivity contribution in [1.82, 2.24) is 0 Å². The zero-order valence-corrected chi connectivity index (χ0v) is 11.9. The number of hydrogen-bond acceptors (Lipinski definition) is 0. The van der Waals surface area contributed by atoms with Crippen LogP contribution in [-0.4, -0.2) is 10.7 Å². The minimum atomic E-state index is 0.291. The van der Waals surface area contributed by atoms with Crippen molar-refractivity contribution in [3.63, 3.8) is 0 Å². The van der Waals surface area contributed by atoms with Crippen LogP contribution in [-0.2, 0) is 0 Å². The van der Waals surface area contributed by atoms with Crippen molar-refractivity contribution in [3.8, 4) is 0 Å². The van der Waals surface area contributed by atoms with E-state index in [1.54, 1.807) is 0 Å². The second kappa shape index (κ2) is 8.07. The van der Waals surface area contributed by atoms with Gasteiger partial charge < -0.3 is 0 Å². The summed E-state index contributed by atoms with van der Waals surface area (Å²) in [6.45, 7) is 4.23. The lowest BCUT2D eigenvalue weighted by molar-refractivity contribution is 0.925. The van der Waals surface area contributed by atoms with E-state index in [2.05, 4.69) is 51.8 Å². The normalized spacial score (nSPS) is 14.1. The zero-order chi connectivity index (χ0) is 10.3. The maximum atomic E-state index is 5.74. The molecule has 0 heterocycles. The Morgan fingerprint density at radius 1 is 1.46 bits per heavy atom. The fourth-order valence-electron chi connectivity index (χ4n) is 0.906. The molecule has 0 saturated carbocycles. The average molecular weight is 330 g/mol. The van der Waals surface area contributed by atoms with Crippen molar-refractivity contribution >= 4 is 43.5 Å². The first-order valence-corrected chi connectivity index (χ1v) is 6.61. The van der Waals surface area contributed by atoms with Crippen LogP contribution >= 0.6 is 43.5 Å². The van der Waals surface area contributed by atoms with Gasteiger partial charge in [-0.25, -0.2) is 0 Å². The summed E-state index contributed by atoms with van der Waals surface area (Å²) < 4.78 is 0. The van der Waals surface area contributed by atoms with Crippen molar-refractivity contribution in [2.24, 2.45) is 0 Å². The summed E-state index contributed by atoms with van der Waals surface area (Å²) >= 11 is 12.6. The van der Waals surface area contributed by atoms with E-state index in [1.165, 1.54) is 11.1 Å². The Kier molecular flexibility index (Phi) is 8.53. The van der Waals surface area contributed by atoms with Gasteiger partial charge in [-0.1, -0.05) is 43.5 Å². The molecule has 0 aromatic rings. The molecule has 0 aliphatic carbocycles. The number of alkyl halides is 2. The third-order valence-corrected chi connectivity index (χ3v) is 3.84. The van der Waals surface area contributed by atoms with Crippen LogP contribution in [0.15, 0.2) is 22.2 Å². The molecule has 0 nitrogen and oxygen atoms in total. The largest absolute Gasteiger partial charge is 0.125 e. The molecule has 13 heavy (non-hydrogen) atoms. The predicted molar refractivity (Wildman–Crippen MR) is 69.1 cm³/mol. The first-order valence-electron chi connectivity index (χ1n) is 4.24. The SMILES string of the molecule is CC(C)=CCC/C(=C\Br)C(Br)CCl. The standard InChI is InChI=1S/C10H15Br2Cl/c1-8(2)4-3-5-9(6-11)10(12)7-13/h4,6,10H,3,5,7H2,1-2H3/b9-6+. The van der Waals surface area contributed by atoms with Gasteiger partial charge in [0.05, 0.1) is 0 Å². The molecule has 76 valence electrons. The van der Waals surface area contributed by atoms with Gasteiger partial charge in [0.1, 0.15) is 0 Å². The minimum absolute atomic E-state index is 0.291. The van der Waals surface area contributed by atoms with Crippen molar-refractivity contribution in [2.75, 3.05) is 5.88 Å². The van der Waals surface area contributed by atoms with Gasteiger partial charge in [0, 0.05) is 10.7 Å². The average Bonchev–Trinajstić information content (AvgIpc) is 2.11. The molecule has 3 heteroatoms. The highest BCUT2D eigenvalue weighted by Crippen LogP contribution is 2.21. The van der Waals surface area contributed by atoms with Crippen LogP contribution in [0.2, 0.25) is 0 Å². The number of hydrogen-bond donors (Lipinski definition) is 0. The number of halogens is 3. The van der Waals surface area contributed by atoms with Gasteiger partial charge in [-0.15, -0.1) is 11.6 Å². The lowest BCUT2D eigenvalue weighted by Gasteiger charge is -2.09. The molecule has 1 unspecified atom stereocenters. The Morgan fingerprint density at radius 2 is 2.08 bits per heavy atom. The van der Waals surface area contributed by atoms with Crippen LogP contribution in [0.25, 0.3) is 0 Å². The molecule has 0 aromatic carbocycles. The van der Waals surface area contributed by atoms with Crippen molar-refractivity contribution in [3.05, 3.63) is 22.2 Å². The second-order valence-electron chi connectivity index (χ2n) is 3.13. The van der Waals surface area contributed by atoms with Crippen LogP contribution in [0.3, 0.4) is 0 Å². The van der Waals surface area contributed by atoms with Crippen molar-refractivity contribution in [2.45, 2.75) is 31.5 Å². The fraction of sp³-hybridized carbons (Fsp3) is 0.600. The van der Waals surface area contributed by atoms with Crippen LogP contribution in [0.4, 0.5) is 0 Å². The Balaban J connectivity index is 3.95. The molecule has 0 aliphatic heterocycles. The number of allylic oxidation sites excluding steroid dienone is 3. The van der Waals surface area contributed by atoms with E-state index in [-0.39, 0.29) is 0 Å². The highest BCUT2D eigenvalue weighted by Gasteiger charge is 2.07. The maximum Gasteiger partial charge on any atom is 0.0498 e. The molecule has 0 bridgehead atoms. The predicted octanol–water partition coefficient (Wildman–Crippen LogP) is 5.01. The van der Waals surface area contributed by atoms with E-state index < -0.39 is 0 Å². The molecule has 0 radical (unpaired) electrons. The molecule has 0 rings (SSSR count). The monoisotopic (exact) mass is 328 g/mol. The Bertz CT molecular complexity index is 193. The van der Waals surface area contributed by atoms with Gasteiger partial charge in [-0.2, -0.15) is 0 Å². The lowest BCUT2D eigenvalue weighted by atomic mass is 10.1. The molecule has 0 saturated heterocycles. The summed E-state index contributed by atoms with van der Waals surface area (Å²) in [7, 11) is 0. The molecule has 0 fully saturated rings. The van der Waals surface area contributed by atoms with Gasteiger partial charge in [-0.05, 0) is 37.2 Å². The zero-order valence-electron chi connectivity index (χ0n) is 7.99. The molecule has 0 aromatic heterocycles. The fourth-order valence-corrected chi connectivity index (χ4v) is 2.37. The summed E-state index contributed by atoms with van der Waals surface area (Å²) in [4.78, 5) is 2.26. The lowest BCUT2D eigenvalue weighted by Crippen LogP contribution is -2.03. The molecule has 1 atom stereocenters. The Morgan fingerprint density at radius 3 is 2.46 bits per heavy atom. The summed E-state index contributed by atoms with van der Waals surface area (Å²) in [5.41, 5.74) is 2.68. The van der Waals surface area contributed by atoms with Gasteiger partial charge in [0.2, 0.25) is 0 Å². The molecular formula is C10H15Br2Cl. The minimum Gasteiger partial charge on any atom is -0.125 e. The Labute approximate surface area is 103 Å². The van der Waals surface area contributed by atoms with Crippen molar-refractivity contribution < 1.29 is 0 Å². The van der Waals surface area contributed by atoms with Gasteiger partial charge in [0.15, 0.2) is 0 Å². The molecule has 0 aliphatic rings. The van der Waals surface area contributed by atoms with E-state index in [1.807, 2.05) is 4.99 Å². The van der Waals surface area contributed by atoms with E-state index in [4.69, 9.17) is 11.6 Å². The highest BCUT2D eigenvalue weighted by molar-refractivity contribution is 9.11. The summed E-state index contributed by atoms with van der Waals surface area (Å²) in [5.74, 6) is 0.617. The summed E-state index contributed by atoms with van der Waals surface area (Å²) in [6.07, 6.45) is 4.38. The van der Waals surface area contributed by atoms with Crippen molar-refractivity contribution in [1.29, 1.82) is 0 Å². The van der Waals surface area contributed by atoms with Crippen LogP contribution in [0.5, 0.6) is 0 Å². The summed E-state index contributed by atoms with van der Waals surface area (Å²) in [6, 6.07) is 0. The second-order valence-corrected chi connectivity index (χ2v) is 5.00. The van der Waals surface area contributed by atoms with E-state index >= 15 is 0 Å². The third-order valence-electron chi connectivity index (χ3n) is 1.66. The third kappa shape index (κ3) is 6.75. The summed E-state index contributed by atoms with van der Waals surface area (Å²) in [5, 5.41) is 0. The smallest absolute Gasteiger partial charge is 0.0498 e. The van der Waals surface area contributed by atoms with E-state index in [0.717, 1.165) is 12.8 Å². The number of rotatable bonds is 5. The van der Waals surface area contributed by atoms with Gasteiger partial charge >= 0.3 is 0 Å². The molecular weight excluding hydrogens is 315 g/mol. The van der Waals surface area contributed by atoms with Crippen LogP contribution in [0, 0.1) is 0 Å². The first-order chi connectivity index (χ1) is 6.11. The first kappa shape index (κ1) is 13.7. The van der Waals surface area contributed by atoms with Gasteiger partial charge in [0.25, 0.3) is 0 Å². The maximum absolute atomic E-state index is 5.74. The van der Waals surface area contributed by atoms with E-state index in [9.17, 15) is 0 Å². The van der Waals surface area contributed by atoms with Gasteiger partial charge in [-0.3, -0.25) is 0 Å². The molecule has 0 N–H and O–H groups in total. The highest BCUT2D eigenvalue weighted by atomic mass is 79.9. The molecule has 0 amide bonds.